The Bertz CT molecular complexity index is 866. The fourth-order valence-corrected chi connectivity index (χ4v) is 4.25. The van der Waals surface area contributed by atoms with Gasteiger partial charge in [0.15, 0.2) is 5.82 Å². The second-order valence-electron chi connectivity index (χ2n) is 6.16. The van der Waals surface area contributed by atoms with Gasteiger partial charge in [-0.25, -0.2) is 20.0 Å². The Kier molecular flexibility index (Phi) is 3.63. The zero-order valence-electron chi connectivity index (χ0n) is 13.6. The number of nitrogens with zero attached hydrogens (tertiary/aromatic N) is 5. The summed E-state index contributed by atoms with van der Waals surface area (Å²) < 4.78 is 1.09. The van der Waals surface area contributed by atoms with E-state index in [4.69, 9.17) is 0 Å². The van der Waals surface area contributed by atoms with E-state index < -0.39 is 0 Å². The Hall–Kier alpha value is -1.83. The lowest BCUT2D eigenvalue weighted by atomic mass is 10.1. The largest absolute Gasteiger partial charge is 0.304 e. The topological polar surface area (TPSA) is 57.2 Å². The summed E-state index contributed by atoms with van der Waals surface area (Å²) in [5.74, 6) is 0.889. The van der Waals surface area contributed by atoms with Gasteiger partial charge in [-0.2, -0.15) is 0 Å². The molecule has 1 fully saturated rings. The van der Waals surface area contributed by atoms with Gasteiger partial charge in [0, 0.05) is 37.3 Å². The van der Waals surface area contributed by atoms with Gasteiger partial charge in [-0.1, -0.05) is 0 Å². The molecule has 120 valence electrons. The molecule has 1 aliphatic rings. The first kappa shape index (κ1) is 14.7. The van der Waals surface area contributed by atoms with Crippen LogP contribution in [0.3, 0.4) is 0 Å². The number of likely N-dealkylation sites (N-methyl/N-ethyl adjacent to an activating group) is 1. The number of fused-ring (bicyclic) bond motifs is 3. The molecule has 0 radical (unpaired) electrons. The normalized spacial score (nSPS) is 17.2. The van der Waals surface area contributed by atoms with Crippen molar-refractivity contribution in [2.45, 2.75) is 13.8 Å². The van der Waals surface area contributed by atoms with Crippen LogP contribution in [0.1, 0.15) is 11.3 Å². The second kappa shape index (κ2) is 5.67. The molecule has 4 heterocycles. The van der Waals surface area contributed by atoms with Crippen molar-refractivity contribution in [3.63, 3.8) is 0 Å². The molecule has 0 atom stereocenters. The van der Waals surface area contributed by atoms with Crippen molar-refractivity contribution in [3.8, 4) is 0 Å². The molecular weight excluding hydrogens is 308 g/mol. The number of aryl methyl sites for hydroxylation is 2. The first-order chi connectivity index (χ1) is 11.1. The minimum atomic E-state index is 0.889. The third kappa shape index (κ3) is 2.65. The van der Waals surface area contributed by atoms with E-state index in [0.29, 0.717) is 0 Å². The van der Waals surface area contributed by atoms with Gasteiger partial charge in [0.05, 0.1) is 10.2 Å². The van der Waals surface area contributed by atoms with Crippen LogP contribution in [-0.2, 0) is 0 Å². The molecule has 1 saturated heterocycles. The Morgan fingerprint density at radius 2 is 1.91 bits per heavy atom. The monoisotopic (exact) mass is 328 g/mol. The molecule has 0 aliphatic carbocycles. The number of hydrazine groups is 1. The zero-order valence-corrected chi connectivity index (χ0v) is 14.4. The SMILES string of the molecule is Cc1cc(C)c2c(n1)sc1c(NN3CCN(C)CC3)ncnc12. The molecule has 0 amide bonds. The lowest BCUT2D eigenvalue weighted by Gasteiger charge is -2.32. The van der Waals surface area contributed by atoms with E-state index in [1.54, 1.807) is 17.7 Å². The van der Waals surface area contributed by atoms with E-state index in [0.717, 1.165) is 58.1 Å². The second-order valence-corrected chi connectivity index (χ2v) is 7.16. The fourth-order valence-electron chi connectivity index (χ4n) is 3.06. The third-order valence-corrected chi connectivity index (χ3v) is 5.40. The van der Waals surface area contributed by atoms with Crippen molar-refractivity contribution in [3.05, 3.63) is 23.7 Å². The van der Waals surface area contributed by atoms with Crippen molar-refractivity contribution in [1.82, 2.24) is 24.9 Å². The molecule has 0 spiro atoms. The lowest BCUT2D eigenvalue weighted by molar-refractivity contribution is 0.178. The highest BCUT2D eigenvalue weighted by atomic mass is 32.1. The number of thiophene rings is 1. The molecule has 0 bridgehead atoms. The number of hydrogen-bond donors (Lipinski definition) is 1. The highest BCUT2D eigenvalue weighted by Crippen LogP contribution is 2.36. The Balaban J connectivity index is 1.77. The van der Waals surface area contributed by atoms with E-state index in [-0.39, 0.29) is 0 Å². The molecular formula is C16H20N6S. The van der Waals surface area contributed by atoms with Gasteiger partial charge in [-0.3, -0.25) is 0 Å². The quantitative estimate of drug-likeness (QED) is 0.780. The first-order valence-electron chi connectivity index (χ1n) is 7.83. The summed E-state index contributed by atoms with van der Waals surface area (Å²) >= 11 is 1.67. The molecule has 6 nitrogen and oxygen atoms in total. The number of anilines is 1. The van der Waals surface area contributed by atoms with Crippen LogP contribution in [-0.4, -0.2) is 58.1 Å². The predicted octanol–water partition coefficient (Wildman–Crippen LogP) is 2.43. The minimum absolute atomic E-state index is 0.889. The summed E-state index contributed by atoms with van der Waals surface area (Å²) in [4.78, 5) is 17.0. The maximum Gasteiger partial charge on any atom is 0.161 e. The molecule has 0 aromatic carbocycles. The van der Waals surface area contributed by atoms with Crippen molar-refractivity contribution >= 4 is 37.6 Å². The summed E-state index contributed by atoms with van der Waals surface area (Å²) in [6, 6.07) is 2.12. The number of pyridine rings is 1. The van der Waals surface area contributed by atoms with Crippen LogP contribution < -0.4 is 5.43 Å². The van der Waals surface area contributed by atoms with E-state index in [2.05, 4.69) is 50.3 Å². The third-order valence-electron chi connectivity index (χ3n) is 4.32. The zero-order chi connectivity index (χ0) is 16.0. The van der Waals surface area contributed by atoms with Crippen molar-refractivity contribution in [2.75, 3.05) is 38.7 Å². The van der Waals surface area contributed by atoms with Crippen LogP contribution in [0, 0.1) is 13.8 Å². The maximum absolute atomic E-state index is 4.67. The number of nitrogens with one attached hydrogen (secondary N) is 1. The lowest BCUT2D eigenvalue weighted by Crippen LogP contribution is -2.47. The minimum Gasteiger partial charge on any atom is -0.304 e. The van der Waals surface area contributed by atoms with Crippen LogP contribution >= 0.6 is 11.3 Å². The molecule has 1 aliphatic heterocycles. The predicted molar refractivity (Wildman–Crippen MR) is 94.9 cm³/mol. The fraction of sp³-hybridized carbons (Fsp3) is 0.438. The number of rotatable bonds is 2. The van der Waals surface area contributed by atoms with Gasteiger partial charge in [0.25, 0.3) is 0 Å². The van der Waals surface area contributed by atoms with Gasteiger partial charge < -0.3 is 10.3 Å². The average Bonchev–Trinajstić information content (AvgIpc) is 2.89. The van der Waals surface area contributed by atoms with Crippen LogP contribution in [0.15, 0.2) is 12.4 Å². The standard InChI is InChI=1S/C16H20N6S/c1-10-8-11(2)19-16-12(10)13-14(23-16)15(18-9-17-13)20-22-6-4-21(3)5-7-22/h8-9H,4-7H2,1-3H3,(H,17,18,20). The van der Waals surface area contributed by atoms with Crippen molar-refractivity contribution in [1.29, 1.82) is 0 Å². The molecule has 0 unspecified atom stereocenters. The molecule has 1 N–H and O–H groups in total. The maximum atomic E-state index is 4.67. The summed E-state index contributed by atoms with van der Waals surface area (Å²) in [5.41, 5.74) is 6.75. The summed E-state index contributed by atoms with van der Waals surface area (Å²) in [5, 5.41) is 3.39. The van der Waals surface area contributed by atoms with Gasteiger partial charge in [0.1, 0.15) is 11.2 Å². The summed E-state index contributed by atoms with van der Waals surface area (Å²) in [6.45, 7) is 8.26. The summed E-state index contributed by atoms with van der Waals surface area (Å²) in [7, 11) is 2.16. The highest BCUT2D eigenvalue weighted by Gasteiger charge is 2.18. The molecule has 4 rings (SSSR count). The van der Waals surface area contributed by atoms with E-state index in [1.165, 1.54) is 5.56 Å². The van der Waals surface area contributed by atoms with Crippen molar-refractivity contribution < 1.29 is 0 Å². The first-order valence-corrected chi connectivity index (χ1v) is 8.65. The van der Waals surface area contributed by atoms with Crippen LogP contribution in [0.4, 0.5) is 5.82 Å². The number of piperazine rings is 1. The molecule has 0 saturated carbocycles. The molecule has 3 aromatic heterocycles. The Labute approximate surface area is 139 Å². The number of aromatic nitrogens is 3. The smallest absolute Gasteiger partial charge is 0.161 e. The van der Waals surface area contributed by atoms with Crippen LogP contribution in [0.5, 0.6) is 0 Å². The molecule has 23 heavy (non-hydrogen) atoms. The molecule has 3 aromatic rings. The van der Waals surface area contributed by atoms with E-state index in [1.807, 2.05) is 6.92 Å². The average molecular weight is 328 g/mol. The van der Waals surface area contributed by atoms with Gasteiger partial charge in [-0.05, 0) is 32.5 Å². The van der Waals surface area contributed by atoms with Crippen LogP contribution in [0.25, 0.3) is 20.4 Å². The Morgan fingerprint density at radius 1 is 1.13 bits per heavy atom. The van der Waals surface area contributed by atoms with Gasteiger partial charge in [-0.15, -0.1) is 11.3 Å². The highest BCUT2D eigenvalue weighted by molar-refractivity contribution is 7.26. The Morgan fingerprint density at radius 3 is 2.70 bits per heavy atom. The number of hydrogen-bond acceptors (Lipinski definition) is 7. The van der Waals surface area contributed by atoms with E-state index in [9.17, 15) is 0 Å². The van der Waals surface area contributed by atoms with Crippen LogP contribution in [0.2, 0.25) is 0 Å². The van der Waals surface area contributed by atoms with Gasteiger partial charge >= 0.3 is 0 Å². The van der Waals surface area contributed by atoms with Crippen molar-refractivity contribution in [2.24, 2.45) is 0 Å². The van der Waals surface area contributed by atoms with E-state index >= 15 is 0 Å². The summed E-state index contributed by atoms with van der Waals surface area (Å²) in [6.07, 6.45) is 1.65. The van der Waals surface area contributed by atoms with Gasteiger partial charge in [0.2, 0.25) is 0 Å². The molecule has 7 heteroatoms.